The average molecular weight is 425 g/mol. The Labute approximate surface area is 182 Å². The summed E-state index contributed by atoms with van der Waals surface area (Å²) in [5, 5.41) is 14.6. The van der Waals surface area contributed by atoms with Gasteiger partial charge in [-0.25, -0.2) is 4.98 Å². The number of carbonyl (C=O) groups is 2. The highest BCUT2D eigenvalue weighted by Gasteiger charge is 2.39. The maximum absolute atomic E-state index is 13.0. The van der Waals surface area contributed by atoms with Crippen molar-refractivity contribution in [3.05, 3.63) is 77.4 Å². The summed E-state index contributed by atoms with van der Waals surface area (Å²) in [6.45, 7) is 1.02. The number of nitrogens with one attached hydrogen (secondary N) is 3. The van der Waals surface area contributed by atoms with Crippen LogP contribution in [0.25, 0.3) is 22.1 Å². The molecular weight excluding hydrogens is 406 g/mol. The Morgan fingerprint density at radius 1 is 1.16 bits per heavy atom. The fourth-order valence-electron chi connectivity index (χ4n) is 4.79. The largest absolute Gasteiger partial charge is 0.384 e. The summed E-state index contributed by atoms with van der Waals surface area (Å²) < 4.78 is 3.85. The molecule has 0 spiro atoms. The second-order valence-electron chi connectivity index (χ2n) is 8.00. The zero-order valence-electron chi connectivity index (χ0n) is 16.9. The van der Waals surface area contributed by atoms with E-state index in [2.05, 4.69) is 15.6 Å². The van der Waals surface area contributed by atoms with E-state index in [0.717, 1.165) is 16.5 Å². The molecular formula is C23H19N7O2. The molecule has 4 aromatic rings. The minimum absolute atomic E-state index is 0.00932. The quantitative estimate of drug-likeness (QED) is 0.223. The molecule has 0 radical (unpaired) electrons. The first kappa shape index (κ1) is 18.5. The van der Waals surface area contributed by atoms with Gasteiger partial charge in [-0.15, -0.1) is 0 Å². The van der Waals surface area contributed by atoms with E-state index in [1.165, 1.54) is 0 Å². The van der Waals surface area contributed by atoms with Gasteiger partial charge in [-0.05, 0) is 35.9 Å². The molecule has 2 amide bonds. The molecule has 0 aliphatic carbocycles. The highest BCUT2D eigenvalue weighted by molar-refractivity contribution is 6.36. The van der Waals surface area contributed by atoms with Gasteiger partial charge in [0, 0.05) is 36.4 Å². The number of hydrogen-bond acceptors (Lipinski definition) is 5. The number of carbonyl (C=O) groups excluding carboxylic acids is 2. The molecule has 1 unspecified atom stereocenters. The Balaban J connectivity index is 1.59. The van der Waals surface area contributed by atoms with E-state index < -0.39 is 17.9 Å². The fourth-order valence-corrected chi connectivity index (χ4v) is 4.79. The van der Waals surface area contributed by atoms with Crippen molar-refractivity contribution < 1.29 is 9.59 Å². The lowest BCUT2D eigenvalue weighted by molar-refractivity contribution is -0.123. The summed E-state index contributed by atoms with van der Waals surface area (Å²) >= 11 is 0. The third-order valence-corrected chi connectivity index (χ3v) is 6.17. The predicted molar refractivity (Wildman–Crippen MR) is 119 cm³/mol. The molecule has 32 heavy (non-hydrogen) atoms. The monoisotopic (exact) mass is 425 g/mol. The third-order valence-electron chi connectivity index (χ3n) is 6.17. The number of amidine groups is 1. The van der Waals surface area contributed by atoms with Crippen molar-refractivity contribution >= 4 is 39.8 Å². The SMILES string of the molecule is N=C(N)c1cc2c3c(ccn3C(C3=C(c4cnc5ccccn45)C(=O)NC3=O)CNC2)c1. The molecule has 2 aliphatic heterocycles. The number of imide groups is 1. The topological polar surface area (TPSA) is 130 Å². The first-order valence-corrected chi connectivity index (χ1v) is 10.2. The van der Waals surface area contributed by atoms with Gasteiger partial charge < -0.3 is 15.6 Å². The van der Waals surface area contributed by atoms with Crippen LogP contribution in [0.3, 0.4) is 0 Å². The lowest BCUT2D eigenvalue weighted by Gasteiger charge is -2.20. The molecule has 6 rings (SSSR count). The van der Waals surface area contributed by atoms with E-state index in [1.807, 2.05) is 57.8 Å². The number of nitrogen functional groups attached to an aromatic ring is 1. The van der Waals surface area contributed by atoms with E-state index >= 15 is 0 Å². The highest BCUT2D eigenvalue weighted by atomic mass is 16.2. The van der Waals surface area contributed by atoms with Gasteiger partial charge in [-0.1, -0.05) is 6.07 Å². The van der Waals surface area contributed by atoms with Crippen LogP contribution < -0.4 is 16.4 Å². The average Bonchev–Trinajstić information content (AvgIpc) is 3.42. The third kappa shape index (κ3) is 2.55. The van der Waals surface area contributed by atoms with Crippen LogP contribution in [0.4, 0.5) is 0 Å². The molecule has 3 aromatic heterocycles. The van der Waals surface area contributed by atoms with E-state index in [-0.39, 0.29) is 5.84 Å². The molecule has 2 aliphatic rings. The number of imidazole rings is 1. The number of benzene rings is 1. The van der Waals surface area contributed by atoms with E-state index in [0.29, 0.717) is 41.1 Å². The number of nitrogens with zero attached hydrogens (tertiary/aromatic N) is 3. The van der Waals surface area contributed by atoms with E-state index in [4.69, 9.17) is 11.1 Å². The number of pyridine rings is 1. The van der Waals surface area contributed by atoms with Crippen LogP contribution in [0.5, 0.6) is 0 Å². The van der Waals surface area contributed by atoms with Gasteiger partial charge in [-0.3, -0.25) is 24.7 Å². The van der Waals surface area contributed by atoms with E-state index in [1.54, 1.807) is 6.20 Å². The number of aromatic nitrogens is 3. The molecule has 5 N–H and O–H groups in total. The second kappa shape index (κ2) is 6.63. The van der Waals surface area contributed by atoms with Crippen LogP contribution in [0.2, 0.25) is 0 Å². The zero-order valence-corrected chi connectivity index (χ0v) is 16.9. The standard InChI is InChI=1S/C23H19N7O2/c24-21(25)13-7-12-4-6-30-15(10-26-9-14(8-13)20(12)30)18-19(23(32)28-22(18)31)16-11-27-17-3-1-2-5-29(16)17/h1-8,11,15,26H,9-10H2,(H3,24,25)(H,28,31,32). The van der Waals surface area contributed by atoms with Gasteiger partial charge in [0.2, 0.25) is 0 Å². The summed E-state index contributed by atoms with van der Waals surface area (Å²) in [6.07, 6.45) is 5.38. The van der Waals surface area contributed by atoms with Crippen LogP contribution in [-0.4, -0.2) is 38.1 Å². The summed E-state index contributed by atoms with van der Waals surface area (Å²) in [5.41, 5.74) is 10.4. The van der Waals surface area contributed by atoms with Crippen LogP contribution in [-0.2, 0) is 16.1 Å². The van der Waals surface area contributed by atoms with Crippen LogP contribution >= 0.6 is 0 Å². The summed E-state index contributed by atoms with van der Waals surface area (Å²) in [5.74, 6) is -0.807. The van der Waals surface area contributed by atoms with Crippen molar-refractivity contribution in [2.75, 3.05) is 6.54 Å². The Morgan fingerprint density at radius 2 is 2.03 bits per heavy atom. The maximum Gasteiger partial charge on any atom is 0.260 e. The molecule has 9 heteroatoms. The van der Waals surface area contributed by atoms with Crippen LogP contribution in [0, 0.1) is 5.41 Å². The maximum atomic E-state index is 13.0. The number of amides is 2. The van der Waals surface area contributed by atoms with Crippen LogP contribution in [0.1, 0.15) is 22.9 Å². The van der Waals surface area contributed by atoms with Crippen LogP contribution in [0.15, 0.2) is 60.6 Å². The molecule has 0 fully saturated rings. The van der Waals surface area contributed by atoms with Crippen molar-refractivity contribution in [2.24, 2.45) is 5.73 Å². The Hall–Kier alpha value is -4.24. The van der Waals surface area contributed by atoms with Crippen molar-refractivity contribution in [1.82, 2.24) is 24.6 Å². The number of fused-ring (bicyclic) bond motifs is 1. The van der Waals surface area contributed by atoms with Gasteiger partial charge in [0.15, 0.2) is 0 Å². The van der Waals surface area contributed by atoms with Gasteiger partial charge in [0.25, 0.3) is 11.8 Å². The molecule has 9 nitrogen and oxygen atoms in total. The summed E-state index contributed by atoms with van der Waals surface area (Å²) in [7, 11) is 0. The van der Waals surface area contributed by atoms with Gasteiger partial charge in [0.1, 0.15) is 11.5 Å². The zero-order chi connectivity index (χ0) is 22.0. The molecule has 1 atom stereocenters. The second-order valence-corrected chi connectivity index (χ2v) is 8.00. The predicted octanol–water partition coefficient (Wildman–Crippen LogP) is 1.33. The molecule has 158 valence electrons. The van der Waals surface area contributed by atoms with Gasteiger partial charge in [-0.2, -0.15) is 0 Å². The van der Waals surface area contributed by atoms with Gasteiger partial charge in [0.05, 0.1) is 34.6 Å². The van der Waals surface area contributed by atoms with Crippen molar-refractivity contribution in [2.45, 2.75) is 12.6 Å². The number of rotatable bonds is 3. The number of nitrogens with two attached hydrogens (primary N) is 1. The smallest absolute Gasteiger partial charge is 0.260 e. The van der Waals surface area contributed by atoms with Crippen molar-refractivity contribution in [1.29, 1.82) is 5.41 Å². The summed E-state index contributed by atoms with van der Waals surface area (Å²) in [6, 6.07) is 10.9. The highest BCUT2D eigenvalue weighted by Crippen LogP contribution is 2.36. The Morgan fingerprint density at radius 3 is 2.88 bits per heavy atom. The Bertz CT molecular complexity index is 1510. The minimum atomic E-state index is -0.421. The lowest BCUT2D eigenvalue weighted by Crippen LogP contribution is -2.29. The Kier molecular flexibility index (Phi) is 3.84. The molecule has 0 bridgehead atoms. The fraction of sp³-hybridized carbons (Fsp3) is 0.130. The minimum Gasteiger partial charge on any atom is -0.384 e. The van der Waals surface area contributed by atoms with Crippen molar-refractivity contribution in [3.63, 3.8) is 0 Å². The molecule has 5 heterocycles. The lowest BCUT2D eigenvalue weighted by atomic mass is 9.99. The van der Waals surface area contributed by atoms with E-state index in [9.17, 15) is 9.59 Å². The first-order chi connectivity index (χ1) is 15.5. The normalized spacial score (nSPS) is 18.4. The molecule has 0 saturated carbocycles. The van der Waals surface area contributed by atoms with Gasteiger partial charge >= 0.3 is 0 Å². The number of hydrogen-bond donors (Lipinski definition) is 4. The summed E-state index contributed by atoms with van der Waals surface area (Å²) in [4.78, 5) is 30.3. The first-order valence-electron chi connectivity index (χ1n) is 10.2. The molecule has 1 aromatic carbocycles. The molecule has 0 saturated heterocycles. The van der Waals surface area contributed by atoms with Crippen molar-refractivity contribution in [3.8, 4) is 0 Å².